The summed E-state index contributed by atoms with van der Waals surface area (Å²) >= 11 is 0. The van der Waals surface area contributed by atoms with E-state index in [4.69, 9.17) is 4.74 Å². The van der Waals surface area contributed by atoms with Gasteiger partial charge in [-0.15, -0.1) is 0 Å². The van der Waals surface area contributed by atoms with Crippen molar-refractivity contribution in [2.45, 2.75) is 50.3 Å². The van der Waals surface area contributed by atoms with Crippen molar-refractivity contribution in [2.24, 2.45) is 0 Å². The molecule has 1 fully saturated rings. The lowest BCUT2D eigenvalue weighted by Crippen LogP contribution is -2.45. The van der Waals surface area contributed by atoms with Gasteiger partial charge in [-0.3, -0.25) is 0 Å². The third kappa shape index (κ3) is 4.43. The van der Waals surface area contributed by atoms with E-state index in [0.29, 0.717) is 18.2 Å². The standard InChI is InChI=1S/C21H27NO/c1-23-21-15-9-8-14-19(21)22-20(18-12-6-3-7-13-18)16-17-10-4-2-5-11-17/h2-7,10-13,19-22H,8-9,14-16H2,1H3/t19-,20+,21+/m1/s1. The summed E-state index contributed by atoms with van der Waals surface area (Å²) in [5, 5.41) is 3.90. The van der Waals surface area contributed by atoms with Crippen LogP contribution in [-0.4, -0.2) is 19.3 Å². The molecule has 0 saturated heterocycles. The van der Waals surface area contributed by atoms with Crippen LogP contribution in [0.3, 0.4) is 0 Å². The van der Waals surface area contributed by atoms with Gasteiger partial charge in [0.2, 0.25) is 0 Å². The first kappa shape index (κ1) is 16.2. The molecule has 0 heterocycles. The van der Waals surface area contributed by atoms with Crippen molar-refractivity contribution in [3.8, 4) is 0 Å². The molecule has 1 N–H and O–H groups in total. The first-order chi connectivity index (χ1) is 11.4. The molecule has 2 aromatic carbocycles. The normalized spacial score (nSPS) is 22.7. The van der Waals surface area contributed by atoms with Crippen molar-refractivity contribution < 1.29 is 4.74 Å². The molecule has 23 heavy (non-hydrogen) atoms. The van der Waals surface area contributed by atoms with Crippen molar-refractivity contribution in [3.63, 3.8) is 0 Å². The lowest BCUT2D eigenvalue weighted by molar-refractivity contribution is 0.0376. The fraction of sp³-hybridized carbons (Fsp3) is 0.429. The minimum Gasteiger partial charge on any atom is -0.380 e. The van der Waals surface area contributed by atoms with Crippen LogP contribution < -0.4 is 5.32 Å². The second kappa shape index (κ2) is 8.28. The number of hydrogen-bond donors (Lipinski definition) is 1. The Kier molecular flexibility index (Phi) is 5.84. The SMILES string of the molecule is CO[C@H]1CCCC[C@H]1N[C@@H](Cc1ccccc1)c1ccccc1. The van der Waals surface area contributed by atoms with Crippen LogP contribution in [0, 0.1) is 0 Å². The third-order valence-corrected chi connectivity index (χ3v) is 4.91. The molecule has 0 radical (unpaired) electrons. The molecule has 122 valence electrons. The van der Waals surface area contributed by atoms with E-state index >= 15 is 0 Å². The fourth-order valence-corrected chi connectivity index (χ4v) is 3.64. The van der Waals surface area contributed by atoms with Gasteiger partial charge in [-0.1, -0.05) is 73.5 Å². The van der Waals surface area contributed by atoms with E-state index in [2.05, 4.69) is 66.0 Å². The Bertz CT molecular complexity index is 569. The van der Waals surface area contributed by atoms with Crippen molar-refractivity contribution in [1.82, 2.24) is 5.32 Å². The molecule has 0 spiro atoms. The summed E-state index contributed by atoms with van der Waals surface area (Å²) in [6.45, 7) is 0. The van der Waals surface area contributed by atoms with Crippen molar-refractivity contribution in [2.75, 3.05) is 7.11 Å². The Morgan fingerprint density at radius 3 is 2.30 bits per heavy atom. The molecule has 1 aliphatic carbocycles. The third-order valence-electron chi connectivity index (χ3n) is 4.91. The van der Waals surface area contributed by atoms with Gasteiger partial charge in [0.1, 0.15) is 0 Å². The first-order valence-electron chi connectivity index (χ1n) is 8.74. The summed E-state index contributed by atoms with van der Waals surface area (Å²) in [6, 6.07) is 22.3. The largest absolute Gasteiger partial charge is 0.380 e. The lowest BCUT2D eigenvalue weighted by atomic mass is 9.90. The average Bonchev–Trinajstić information content (AvgIpc) is 2.63. The Hall–Kier alpha value is -1.64. The number of rotatable bonds is 6. The van der Waals surface area contributed by atoms with Gasteiger partial charge in [-0.2, -0.15) is 0 Å². The molecule has 3 atom stereocenters. The van der Waals surface area contributed by atoms with Gasteiger partial charge in [0, 0.05) is 19.2 Å². The smallest absolute Gasteiger partial charge is 0.0724 e. The Labute approximate surface area is 139 Å². The topological polar surface area (TPSA) is 21.3 Å². The monoisotopic (exact) mass is 309 g/mol. The Morgan fingerprint density at radius 1 is 0.957 bits per heavy atom. The fourth-order valence-electron chi connectivity index (χ4n) is 3.64. The molecule has 0 aliphatic heterocycles. The predicted molar refractivity (Wildman–Crippen MR) is 95.5 cm³/mol. The molecule has 0 aromatic heterocycles. The van der Waals surface area contributed by atoms with Gasteiger partial charge in [-0.05, 0) is 30.4 Å². The first-order valence-corrected chi connectivity index (χ1v) is 8.74. The number of nitrogens with one attached hydrogen (secondary N) is 1. The van der Waals surface area contributed by atoms with Gasteiger partial charge < -0.3 is 10.1 Å². The molecule has 2 aromatic rings. The molecule has 1 aliphatic rings. The summed E-state index contributed by atoms with van der Waals surface area (Å²) in [5.41, 5.74) is 2.73. The molecule has 0 amide bonds. The maximum atomic E-state index is 5.73. The minimum absolute atomic E-state index is 0.333. The number of ether oxygens (including phenoxy) is 1. The van der Waals surface area contributed by atoms with Crippen LogP contribution in [0.25, 0.3) is 0 Å². The van der Waals surface area contributed by atoms with E-state index in [9.17, 15) is 0 Å². The molecule has 3 rings (SSSR count). The average molecular weight is 309 g/mol. The summed E-state index contributed by atoms with van der Waals surface area (Å²) in [7, 11) is 1.85. The van der Waals surface area contributed by atoms with E-state index in [-0.39, 0.29) is 0 Å². The second-order valence-corrected chi connectivity index (χ2v) is 6.48. The van der Waals surface area contributed by atoms with Gasteiger partial charge in [0.15, 0.2) is 0 Å². The highest BCUT2D eigenvalue weighted by Crippen LogP contribution is 2.26. The molecule has 2 nitrogen and oxygen atoms in total. The number of benzene rings is 2. The van der Waals surface area contributed by atoms with E-state index in [1.165, 1.54) is 36.8 Å². The number of hydrogen-bond acceptors (Lipinski definition) is 2. The highest BCUT2D eigenvalue weighted by atomic mass is 16.5. The minimum atomic E-state index is 0.333. The van der Waals surface area contributed by atoms with E-state index in [1.54, 1.807) is 0 Å². The van der Waals surface area contributed by atoms with Crippen LogP contribution >= 0.6 is 0 Å². The van der Waals surface area contributed by atoms with Gasteiger partial charge >= 0.3 is 0 Å². The van der Waals surface area contributed by atoms with Gasteiger partial charge in [-0.25, -0.2) is 0 Å². The van der Waals surface area contributed by atoms with Crippen LogP contribution in [0.4, 0.5) is 0 Å². The summed E-state index contributed by atoms with van der Waals surface area (Å²) < 4.78 is 5.73. The van der Waals surface area contributed by atoms with Crippen LogP contribution in [0.2, 0.25) is 0 Å². The van der Waals surface area contributed by atoms with Crippen molar-refractivity contribution in [3.05, 3.63) is 71.8 Å². The highest BCUT2D eigenvalue weighted by Gasteiger charge is 2.27. The summed E-state index contributed by atoms with van der Waals surface area (Å²) in [5.74, 6) is 0. The zero-order valence-electron chi connectivity index (χ0n) is 13.9. The maximum absolute atomic E-state index is 5.73. The quantitative estimate of drug-likeness (QED) is 0.847. The van der Waals surface area contributed by atoms with Gasteiger partial charge in [0.25, 0.3) is 0 Å². The molecule has 0 unspecified atom stereocenters. The van der Waals surface area contributed by atoms with E-state index in [1.807, 2.05) is 7.11 Å². The highest BCUT2D eigenvalue weighted by molar-refractivity contribution is 5.24. The summed E-state index contributed by atoms with van der Waals surface area (Å²) in [4.78, 5) is 0. The predicted octanol–water partition coefficient (Wildman–Crippen LogP) is 4.52. The summed E-state index contributed by atoms with van der Waals surface area (Å²) in [6.07, 6.45) is 6.30. The zero-order valence-corrected chi connectivity index (χ0v) is 13.9. The van der Waals surface area contributed by atoms with Crippen molar-refractivity contribution in [1.29, 1.82) is 0 Å². The van der Waals surface area contributed by atoms with Crippen LogP contribution in [0.15, 0.2) is 60.7 Å². The molecule has 2 heteroatoms. The van der Waals surface area contributed by atoms with Gasteiger partial charge in [0.05, 0.1) is 6.10 Å². The molecular formula is C21H27NO. The maximum Gasteiger partial charge on any atom is 0.0724 e. The van der Waals surface area contributed by atoms with Crippen LogP contribution in [-0.2, 0) is 11.2 Å². The second-order valence-electron chi connectivity index (χ2n) is 6.48. The lowest BCUT2D eigenvalue weighted by Gasteiger charge is -2.34. The Morgan fingerprint density at radius 2 is 1.61 bits per heavy atom. The number of methoxy groups -OCH3 is 1. The zero-order chi connectivity index (χ0) is 15.9. The van der Waals surface area contributed by atoms with Crippen LogP contribution in [0.1, 0.15) is 42.9 Å². The molecular weight excluding hydrogens is 282 g/mol. The van der Waals surface area contributed by atoms with E-state index in [0.717, 1.165) is 6.42 Å². The molecule has 1 saturated carbocycles. The van der Waals surface area contributed by atoms with Crippen molar-refractivity contribution >= 4 is 0 Å². The van der Waals surface area contributed by atoms with E-state index < -0.39 is 0 Å². The Balaban J connectivity index is 1.77. The van der Waals surface area contributed by atoms with Crippen LogP contribution in [0.5, 0.6) is 0 Å². The molecule has 0 bridgehead atoms.